The number of benzene rings is 1. The average molecular weight is 313 g/mol. The van der Waals surface area contributed by atoms with Gasteiger partial charge in [0.15, 0.2) is 0 Å². The molecule has 1 amide bonds. The zero-order valence-corrected chi connectivity index (χ0v) is 12.7. The standard InChI is InChI=1S/C15H21F2N3O2/c1-20(2)13(14-10(16)4-3-5-11(14)17)8-19-15(21)12-9-22-7-6-18-12/h3-5,12-13,18H,6-9H2,1-2H3,(H,19,21). The van der Waals surface area contributed by atoms with Crippen molar-refractivity contribution in [1.82, 2.24) is 15.5 Å². The van der Waals surface area contributed by atoms with Gasteiger partial charge in [-0.2, -0.15) is 0 Å². The molecule has 1 heterocycles. The van der Waals surface area contributed by atoms with Gasteiger partial charge in [0.05, 0.1) is 19.3 Å². The number of likely N-dealkylation sites (N-methyl/N-ethyl adjacent to an activating group) is 1. The van der Waals surface area contributed by atoms with Gasteiger partial charge < -0.3 is 20.3 Å². The summed E-state index contributed by atoms with van der Waals surface area (Å²) >= 11 is 0. The zero-order valence-electron chi connectivity index (χ0n) is 12.7. The van der Waals surface area contributed by atoms with Crippen LogP contribution in [0.1, 0.15) is 11.6 Å². The summed E-state index contributed by atoms with van der Waals surface area (Å²) in [5, 5.41) is 5.77. The van der Waals surface area contributed by atoms with Crippen LogP contribution in [0.15, 0.2) is 18.2 Å². The number of rotatable bonds is 5. The van der Waals surface area contributed by atoms with Gasteiger partial charge in [-0.25, -0.2) is 8.78 Å². The topological polar surface area (TPSA) is 53.6 Å². The highest BCUT2D eigenvalue weighted by molar-refractivity contribution is 5.82. The number of morpholine rings is 1. The Bertz CT molecular complexity index is 499. The second kappa shape index (κ2) is 7.62. The fourth-order valence-corrected chi connectivity index (χ4v) is 2.43. The first-order valence-electron chi connectivity index (χ1n) is 7.20. The molecule has 7 heteroatoms. The number of carbonyl (C=O) groups excluding carboxylic acids is 1. The van der Waals surface area contributed by atoms with Gasteiger partial charge >= 0.3 is 0 Å². The molecular weight excluding hydrogens is 292 g/mol. The normalized spacial score (nSPS) is 20.0. The lowest BCUT2D eigenvalue weighted by molar-refractivity contribution is -0.126. The third-order valence-corrected chi connectivity index (χ3v) is 3.66. The quantitative estimate of drug-likeness (QED) is 0.839. The molecular formula is C15H21F2N3O2. The summed E-state index contributed by atoms with van der Waals surface area (Å²) in [6, 6.07) is 2.74. The smallest absolute Gasteiger partial charge is 0.239 e. The number of carbonyl (C=O) groups is 1. The number of nitrogens with zero attached hydrogens (tertiary/aromatic N) is 1. The van der Waals surface area contributed by atoms with Crippen molar-refractivity contribution in [3.8, 4) is 0 Å². The number of hydrogen-bond donors (Lipinski definition) is 2. The minimum atomic E-state index is -0.618. The Kier molecular flexibility index (Phi) is 5.82. The van der Waals surface area contributed by atoms with Crippen LogP contribution in [0.2, 0.25) is 0 Å². The maximum atomic E-state index is 13.9. The van der Waals surface area contributed by atoms with Crippen LogP contribution in [0.25, 0.3) is 0 Å². The Morgan fingerprint density at radius 3 is 2.68 bits per heavy atom. The Labute approximate surface area is 128 Å². The third kappa shape index (κ3) is 4.00. The lowest BCUT2D eigenvalue weighted by Crippen LogP contribution is -2.52. The van der Waals surface area contributed by atoms with Crippen molar-refractivity contribution in [2.24, 2.45) is 0 Å². The molecule has 2 unspecified atom stereocenters. The molecule has 5 nitrogen and oxygen atoms in total. The molecule has 1 aliphatic heterocycles. The first-order valence-corrected chi connectivity index (χ1v) is 7.20. The zero-order chi connectivity index (χ0) is 16.1. The minimum absolute atomic E-state index is 0.0411. The first-order chi connectivity index (χ1) is 10.5. The molecule has 0 bridgehead atoms. The molecule has 1 aliphatic rings. The molecule has 1 saturated heterocycles. The lowest BCUT2D eigenvalue weighted by Gasteiger charge is -2.28. The molecule has 1 aromatic carbocycles. The van der Waals surface area contributed by atoms with Crippen LogP contribution in [0.4, 0.5) is 8.78 Å². The van der Waals surface area contributed by atoms with E-state index in [0.29, 0.717) is 19.8 Å². The van der Waals surface area contributed by atoms with Crippen molar-refractivity contribution < 1.29 is 18.3 Å². The largest absolute Gasteiger partial charge is 0.378 e. The lowest BCUT2D eigenvalue weighted by atomic mass is 10.0. The molecule has 1 fully saturated rings. The summed E-state index contributed by atoms with van der Waals surface area (Å²) in [5.41, 5.74) is -0.0411. The van der Waals surface area contributed by atoms with Crippen molar-refractivity contribution in [2.45, 2.75) is 12.1 Å². The number of hydrogen-bond acceptors (Lipinski definition) is 4. The van der Waals surface area contributed by atoms with Gasteiger partial charge in [0, 0.05) is 18.7 Å². The van der Waals surface area contributed by atoms with Crippen molar-refractivity contribution in [1.29, 1.82) is 0 Å². The summed E-state index contributed by atoms with van der Waals surface area (Å²) in [7, 11) is 3.43. The average Bonchev–Trinajstić information content (AvgIpc) is 2.50. The van der Waals surface area contributed by atoms with Crippen LogP contribution >= 0.6 is 0 Å². The molecule has 0 aromatic heterocycles. The van der Waals surface area contributed by atoms with Crippen molar-refractivity contribution in [3.05, 3.63) is 35.4 Å². The second-order valence-corrected chi connectivity index (χ2v) is 5.44. The predicted molar refractivity (Wildman–Crippen MR) is 78.4 cm³/mol. The van der Waals surface area contributed by atoms with Crippen LogP contribution in [0.5, 0.6) is 0 Å². The molecule has 0 radical (unpaired) electrons. The third-order valence-electron chi connectivity index (χ3n) is 3.66. The van der Waals surface area contributed by atoms with Gasteiger partial charge in [0.2, 0.25) is 5.91 Å². The van der Waals surface area contributed by atoms with E-state index < -0.39 is 23.7 Å². The van der Waals surface area contributed by atoms with E-state index in [1.165, 1.54) is 18.2 Å². The van der Waals surface area contributed by atoms with Crippen LogP contribution in [-0.2, 0) is 9.53 Å². The highest BCUT2D eigenvalue weighted by atomic mass is 19.1. The summed E-state index contributed by atoms with van der Waals surface area (Å²) < 4.78 is 33.1. The van der Waals surface area contributed by atoms with E-state index in [1.807, 2.05) is 0 Å². The molecule has 0 spiro atoms. The minimum Gasteiger partial charge on any atom is -0.378 e. The fourth-order valence-electron chi connectivity index (χ4n) is 2.43. The molecule has 2 rings (SSSR count). The van der Waals surface area contributed by atoms with Gasteiger partial charge in [-0.05, 0) is 26.2 Å². The molecule has 0 saturated carbocycles. The Balaban J connectivity index is 2.05. The molecule has 22 heavy (non-hydrogen) atoms. The maximum Gasteiger partial charge on any atom is 0.239 e. The van der Waals surface area contributed by atoms with Crippen LogP contribution < -0.4 is 10.6 Å². The SMILES string of the molecule is CN(C)C(CNC(=O)C1COCCN1)c1c(F)cccc1F. The molecule has 1 aromatic rings. The predicted octanol–water partition coefficient (Wildman–Crippen LogP) is 0.672. The van der Waals surface area contributed by atoms with Gasteiger partial charge in [-0.15, -0.1) is 0 Å². The van der Waals surface area contributed by atoms with Crippen LogP contribution in [0, 0.1) is 11.6 Å². The van der Waals surface area contributed by atoms with Crippen LogP contribution in [-0.4, -0.2) is 57.2 Å². The Morgan fingerprint density at radius 1 is 1.45 bits per heavy atom. The van der Waals surface area contributed by atoms with E-state index in [4.69, 9.17) is 4.74 Å². The van der Waals surface area contributed by atoms with Crippen molar-refractivity contribution in [2.75, 3.05) is 40.4 Å². The Morgan fingerprint density at radius 2 is 2.14 bits per heavy atom. The summed E-state index contributed by atoms with van der Waals surface area (Å²) in [6.45, 7) is 1.59. The number of ether oxygens (including phenoxy) is 1. The summed E-state index contributed by atoms with van der Waals surface area (Å²) in [6.07, 6.45) is 0. The maximum absolute atomic E-state index is 13.9. The monoisotopic (exact) mass is 313 g/mol. The first kappa shape index (κ1) is 16.8. The van der Waals surface area contributed by atoms with Gasteiger partial charge in [-0.1, -0.05) is 6.07 Å². The highest BCUT2D eigenvalue weighted by Gasteiger charge is 2.25. The van der Waals surface area contributed by atoms with Gasteiger partial charge in [-0.3, -0.25) is 4.79 Å². The fraction of sp³-hybridized carbons (Fsp3) is 0.533. The molecule has 0 aliphatic carbocycles. The van der Waals surface area contributed by atoms with Crippen molar-refractivity contribution in [3.63, 3.8) is 0 Å². The second-order valence-electron chi connectivity index (χ2n) is 5.44. The molecule has 2 atom stereocenters. The van der Waals surface area contributed by atoms with Crippen LogP contribution in [0.3, 0.4) is 0 Å². The summed E-state index contributed by atoms with van der Waals surface area (Å²) in [4.78, 5) is 13.7. The number of amides is 1. The van der Waals surface area contributed by atoms with E-state index in [0.717, 1.165) is 0 Å². The number of halogens is 2. The molecule has 122 valence electrons. The number of nitrogens with one attached hydrogen (secondary N) is 2. The van der Waals surface area contributed by atoms with E-state index in [-0.39, 0.29) is 18.0 Å². The van der Waals surface area contributed by atoms with E-state index in [2.05, 4.69) is 10.6 Å². The van der Waals surface area contributed by atoms with E-state index >= 15 is 0 Å². The van der Waals surface area contributed by atoms with Gasteiger partial charge in [0.1, 0.15) is 17.7 Å². The van der Waals surface area contributed by atoms with Crippen molar-refractivity contribution >= 4 is 5.91 Å². The molecule has 2 N–H and O–H groups in total. The van der Waals surface area contributed by atoms with Gasteiger partial charge in [0.25, 0.3) is 0 Å². The van der Waals surface area contributed by atoms with E-state index in [1.54, 1.807) is 19.0 Å². The Hall–Kier alpha value is -1.57. The van der Waals surface area contributed by atoms with E-state index in [9.17, 15) is 13.6 Å². The summed E-state index contributed by atoms with van der Waals surface area (Å²) in [5.74, 6) is -1.47. The highest BCUT2D eigenvalue weighted by Crippen LogP contribution is 2.23.